The highest BCUT2D eigenvalue weighted by molar-refractivity contribution is 7.21. The Bertz CT molecular complexity index is 1010. The SMILES string of the molecule is CC(C)(C)OC(=O)N1CCCC(c2cc(N3CCCC3)nc3sc(C(N)=O)c(N)c23)C1. The molecule has 2 aromatic heterocycles. The molecule has 8 nitrogen and oxygen atoms in total. The monoisotopic (exact) mass is 445 g/mol. The number of rotatable bonds is 3. The molecule has 31 heavy (non-hydrogen) atoms. The molecule has 0 aromatic carbocycles. The van der Waals surface area contributed by atoms with Crippen molar-refractivity contribution in [1.82, 2.24) is 9.88 Å². The first-order valence-electron chi connectivity index (χ1n) is 10.9. The van der Waals surface area contributed by atoms with Gasteiger partial charge >= 0.3 is 6.09 Å². The maximum absolute atomic E-state index is 12.7. The van der Waals surface area contributed by atoms with Crippen LogP contribution >= 0.6 is 11.3 Å². The van der Waals surface area contributed by atoms with Crippen LogP contribution < -0.4 is 16.4 Å². The summed E-state index contributed by atoms with van der Waals surface area (Å²) in [6, 6.07) is 2.10. The van der Waals surface area contributed by atoms with E-state index in [1.54, 1.807) is 4.90 Å². The summed E-state index contributed by atoms with van der Waals surface area (Å²) in [6.07, 6.45) is 3.80. The van der Waals surface area contributed by atoms with Crippen LogP contribution in [0.5, 0.6) is 0 Å². The average Bonchev–Trinajstić information content (AvgIpc) is 3.34. The molecule has 168 valence electrons. The van der Waals surface area contributed by atoms with E-state index in [1.165, 1.54) is 11.3 Å². The van der Waals surface area contributed by atoms with Gasteiger partial charge in [0.25, 0.3) is 5.91 Å². The minimum absolute atomic E-state index is 0.0887. The molecule has 4 rings (SSSR count). The van der Waals surface area contributed by atoms with E-state index in [1.807, 2.05) is 20.8 Å². The summed E-state index contributed by atoms with van der Waals surface area (Å²) in [5.74, 6) is 0.464. The molecule has 4 heterocycles. The zero-order chi connectivity index (χ0) is 22.3. The van der Waals surface area contributed by atoms with E-state index in [0.29, 0.717) is 23.7 Å². The number of amides is 2. The van der Waals surface area contributed by atoms with E-state index in [9.17, 15) is 9.59 Å². The van der Waals surface area contributed by atoms with Gasteiger partial charge in [-0.3, -0.25) is 4.79 Å². The second kappa shape index (κ2) is 8.18. The van der Waals surface area contributed by atoms with E-state index in [2.05, 4.69) is 11.0 Å². The number of nitrogens with zero attached hydrogens (tertiary/aromatic N) is 3. The number of likely N-dealkylation sites (tertiary alicyclic amines) is 1. The highest BCUT2D eigenvalue weighted by atomic mass is 32.1. The lowest BCUT2D eigenvalue weighted by Crippen LogP contribution is -2.42. The normalized spacial score (nSPS) is 19.8. The fraction of sp³-hybridized carbons (Fsp3) is 0.591. The summed E-state index contributed by atoms with van der Waals surface area (Å²) in [6.45, 7) is 8.78. The third-order valence-electron chi connectivity index (χ3n) is 5.88. The third kappa shape index (κ3) is 4.42. The number of hydrogen-bond donors (Lipinski definition) is 2. The molecule has 0 radical (unpaired) electrons. The van der Waals surface area contributed by atoms with Crippen LogP contribution in [0.15, 0.2) is 6.07 Å². The van der Waals surface area contributed by atoms with Crippen molar-refractivity contribution >= 4 is 45.1 Å². The Morgan fingerprint density at radius 2 is 1.90 bits per heavy atom. The second-order valence-corrected chi connectivity index (χ2v) is 10.4. The molecule has 1 atom stereocenters. The van der Waals surface area contributed by atoms with Crippen molar-refractivity contribution in [3.8, 4) is 0 Å². The fourth-order valence-electron chi connectivity index (χ4n) is 4.47. The van der Waals surface area contributed by atoms with Crippen LogP contribution in [0.2, 0.25) is 0 Å². The Balaban J connectivity index is 1.74. The van der Waals surface area contributed by atoms with Gasteiger partial charge in [0.15, 0.2) is 0 Å². The minimum Gasteiger partial charge on any atom is -0.444 e. The zero-order valence-corrected chi connectivity index (χ0v) is 19.3. The summed E-state index contributed by atoms with van der Waals surface area (Å²) in [4.78, 5) is 34.6. The molecule has 4 N–H and O–H groups in total. The summed E-state index contributed by atoms with van der Waals surface area (Å²) in [5, 5.41) is 0.804. The van der Waals surface area contributed by atoms with Crippen molar-refractivity contribution in [2.45, 2.75) is 58.0 Å². The van der Waals surface area contributed by atoms with Crippen LogP contribution in [-0.2, 0) is 4.74 Å². The van der Waals surface area contributed by atoms with Gasteiger partial charge in [0.1, 0.15) is 21.1 Å². The lowest BCUT2D eigenvalue weighted by atomic mass is 9.89. The molecule has 0 aliphatic carbocycles. The highest BCUT2D eigenvalue weighted by Gasteiger charge is 2.31. The first kappa shape index (κ1) is 21.7. The van der Waals surface area contributed by atoms with Gasteiger partial charge in [-0.05, 0) is 58.1 Å². The van der Waals surface area contributed by atoms with Crippen LogP contribution in [0.25, 0.3) is 10.2 Å². The average molecular weight is 446 g/mol. The summed E-state index contributed by atoms with van der Waals surface area (Å²) in [5.41, 5.74) is 12.9. The molecule has 1 unspecified atom stereocenters. The lowest BCUT2D eigenvalue weighted by Gasteiger charge is -2.35. The van der Waals surface area contributed by atoms with Crippen LogP contribution in [0.1, 0.15) is 67.6 Å². The van der Waals surface area contributed by atoms with E-state index >= 15 is 0 Å². The van der Waals surface area contributed by atoms with Crippen molar-refractivity contribution in [3.05, 3.63) is 16.5 Å². The number of nitrogens with two attached hydrogens (primary N) is 2. The van der Waals surface area contributed by atoms with Crippen LogP contribution in [0, 0.1) is 0 Å². The molecule has 0 bridgehead atoms. The number of piperidine rings is 1. The number of carbonyl (C=O) groups is 2. The van der Waals surface area contributed by atoms with E-state index in [-0.39, 0.29) is 12.0 Å². The van der Waals surface area contributed by atoms with E-state index in [0.717, 1.165) is 60.4 Å². The minimum atomic E-state index is -0.537. The molecule has 2 aromatic rings. The number of nitrogen functional groups attached to an aromatic ring is 1. The molecular weight excluding hydrogens is 414 g/mol. The summed E-state index contributed by atoms with van der Waals surface area (Å²) < 4.78 is 5.60. The largest absolute Gasteiger partial charge is 0.444 e. The number of aromatic nitrogens is 1. The number of hydrogen-bond acceptors (Lipinski definition) is 7. The van der Waals surface area contributed by atoms with Gasteiger partial charge in [-0.2, -0.15) is 0 Å². The quantitative estimate of drug-likeness (QED) is 0.744. The third-order valence-corrected chi connectivity index (χ3v) is 7.00. The lowest BCUT2D eigenvalue weighted by molar-refractivity contribution is 0.0198. The number of ether oxygens (including phenoxy) is 1. The fourth-order valence-corrected chi connectivity index (χ4v) is 5.45. The van der Waals surface area contributed by atoms with Crippen molar-refractivity contribution in [2.24, 2.45) is 5.73 Å². The van der Waals surface area contributed by atoms with Gasteiger partial charge in [-0.25, -0.2) is 9.78 Å². The summed E-state index contributed by atoms with van der Waals surface area (Å²) >= 11 is 1.26. The number of thiophene rings is 1. The molecule has 0 saturated carbocycles. The number of fused-ring (bicyclic) bond motifs is 1. The van der Waals surface area contributed by atoms with Gasteiger partial charge in [0.2, 0.25) is 0 Å². The van der Waals surface area contributed by atoms with Gasteiger partial charge in [0, 0.05) is 37.5 Å². The predicted octanol–water partition coefficient (Wildman–Crippen LogP) is 3.69. The smallest absolute Gasteiger partial charge is 0.410 e. The number of anilines is 2. The van der Waals surface area contributed by atoms with Crippen LogP contribution in [0.3, 0.4) is 0 Å². The zero-order valence-electron chi connectivity index (χ0n) is 18.4. The van der Waals surface area contributed by atoms with Crippen molar-refractivity contribution < 1.29 is 14.3 Å². The molecule has 0 spiro atoms. The summed E-state index contributed by atoms with van der Waals surface area (Å²) in [7, 11) is 0. The Kier molecular flexibility index (Phi) is 5.72. The molecule has 9 heteroatoms. The highest BCUT2D eigenvalue weighted by Crippen LogP contribution is 2.42. The Hall–Kier alpha value is -2.55. The Morgan fingerprint density at radius 3 is 2.55 bits per heavy atom. The maximum atomic E-state index is 12.7. The van der Waals surface area contributed by atoms with E-state index in [4.69, 9.17) is 21.2 Å². The Labute approximate surface area is 186 Å². The molecular formula is C22H31N5O3S. The molecule has 2 saturated heterocycles. The van der Waals surface area contributed by atoms with Crippen LogP contribution in [0.4, 0.5) is 16.3 Å². The van der Waals surface area contributed by atoms with Crippen molar-refractivity contribution in [1.29, 1.82) is 0 Å². The van der Waals surface area contributed by atoms with Crippen molar-refractivity contribution in [2.75, 3.05) is 36.8 Å². The maximum Gasteiger partial charge on any atom is 0.410 e. The van der Waals surface area contributed by atoms with Gasteiger partial charge < -0.3 is 26.0 Å². The second-order valence-electron chi connectivity index (χ2n) is 9.42. The van der Waals surface area contributed by atoms with Gasteiger partial charge in [-0.1, -0.05) is 0 Å². The number of pyridine rings is 1. The van der Waals surface area contributed by atoms with Gasteiger partial charge in [0.05, 0.1) is 5.69 Å². The standard InChI is InChI=1S/C22H31N5O3S/c1-22(2,3)30-21(29)27-10-6-7-13(12-27)14-11-15(26-8-4-5-9-26)25-20-16(14)17(23)18(31-20)19(24)28/h11,13H,4-10,12,23H2,1-3H3,(H2,24,28). The molecule has 2 fully saturated rings. The van der Waals surface area contributed by atoms with Crippen molar-refractivity contribution in [3.63, 3.8) is 0 Å². The Morgan fingerprint density at radius 1 is 1.19 bits per heavy atom. The number of carbonyl (C=O) groups excluding carboxylic acids is 2. The van der Waals surface area contributed by atoms with E-state index < -0.39 is 11.5 Å². The molecule has 2 aliphatic heterocycles. The topological polar surface area (TPSA) is 115 Å². The van der Waals surface area contributed by atoms with Crippen LogP contribution in [-0.4, -0.2) is 53.7 Å². The molecule has 2 aliphatic rings. The predicted molar refractivity (Wildman–Crippen MR) is 124 cm³/mol. The first-order chi connectivity index (χ1) is 14.6. The van der Waals surface area contributed by atoms with Gasteiger partial charge in [-0.15, -0.1) is 11.3 Å². The number of primary amides is 1. The molecule has 2 amide bonds. The first-order valence-corrected chi connectivity index (χ1v) is 11.7.